The van der Waals surface area contributed by atoms with E-state index in [0.29, 0.717) is 31.2 Å². The van der Waals surface area contributed by atoms with E-state index in [0.717, 1.165) is 0 Å². The Bertz CT molecular complexity index is 561. The third kappa shape index (κ3) is 4.52. The van der Waals surface area contributed by atoms with Crippen molar-refractivity contribution in [2.45, 2.75) is 25.2 Å². The van der Waals surface area contributed by atoms with Crippen LogP contribution in [-0.2, 0) is 9.84 Å². The number of pyridine rings is 1. The van der Waals surface area contributed by atoms with Crippen LogP contribution in [0.1, 0.15) is 20.3 Å². The molecule has 1 aromatic heterocycles. The molecule has 0 bridgehead atoms. The van der Waals surface area contributed by atoms with E-state index in [-0.39, 0.29) is 4.90 Å². The van der Waals surface area contributed by atoms with E-state index in [2.05, 4.69) is 11.1 Å². The smallest absolute Gasteiger partial charge is 0.179 e. The van der Waals surface area contributed by atoms with Crippen LogP contribution >= 0.6 is 0 Å². The van der Waals surface area contributed by atoms with Gasteiger partial charge in [-0.1, -0.05) is 13.8 Å². The minimum atomic E-state index is -3.33. The van der Waals surface area contributed by atoms with Gasteiger partial charge >= 0.3 is 0 Å². The summed E-state index contributed by atoms with van der Waals surface area (Å²) in [7, 11) is -3.33. The van der Waals surface area contributed by atoms with Crippen molar-refractivity contribution in [3.05, 3.63) is 18.3 Å². The third-order valence-electron chi connectivity index (χ3n) is 2.53. The fourth-order valence-electron chi connectivity index (χ4n) is 1.82. The Morgan fingerprint density at radius 1 is 1.47 bits per heavy atom. The molecular weight excluding hydrogens is 262 g/mol. The highest BCUT2D eigenvalue weighted by Crippen LogP contribution is 2.23. The Hall–Kier alpha value is -1.61. The highest BCUT2D eigenvalue weighted by Gasteiger charge is 2.19. The number of hydrogen-bond acceptors (Lipinski definition) is 5. The number of aromatic nitrogens is 1. The fraction of sp³-hybridized carbons (Fsp3) is 0.538. The summed E-state index contributed by atoms with van der Waals surface area (Å²) in [6.45, 7) is 5.24. The average molecular weight is 281 g/mol. The molecule has 0 spiro atoms. The normalized spacial score (nSPS) is 11.3. The molecule has 0 aliphatic carbocycles. The molecule has 0 aliphatic rings. The van der Waals surface area contributed by atoms with Gasteiger partial charge in [-0.05, 0) is 18.1 Å². The van der Waals surface area contributed by atoms with Crippen molar-refractivity contribution in [3.63, 3.8) is 0 Å². The Labute approximate surface area is 114 Å². The van der Waals surface area contributed by atoms with Crippen LogP contribution in [0.5, 0.6) is 0 Å². The molecule has 0 saturated carbocycles. The molecule has 0 fully saturated rings. The highest BCUT2D eigenvalue weighted by molar-refractivity contribution is 7.90. The van der Waals surface area contributed by atoms with Crippen molar-refractivity contribution in [2.24, 2.45) is 5.92 Å². The first-order chi connectivity index (χ1) is 8.86. The van der Waals surface area contributed by atoms with E-state index in [1.807, 2.05) is 18.7 Å². The van der Waals surface area contributed by atoms with E-state index < -0.39 is 9.84 Å². The molecule has 5 nitrogen and oxygen atoms in total. The molecule has 19 heavy (non-hydrogen) atoms. The summed E-state index contributed by atoms with van der Waals surface area (Å²) >= 11 is 0. The van der Waals surface area contributed by atoms with Crippen molar-refractivity contribution in [1.29, 1.82) is 5.26 Å². The molecule has 0 unspecified atom stereocenters. The Kier molecular flexibility index (Phi) is 5.31. The van der Waals surface area contributed by atoms with Gasteiger partial charge in [-0.15, -0.1) is 0 Å². The third-order valence-corrected chi connectivity index (χ3v) is 3.65. The summed E-state index contributed by atoms with van der Waals surface area (Å²) < 4.78 is 23.6. The van der Waals surface area contributed by atoms with Crippen LogP contribution in [0.4, 0.5) is 5.82 Å². The summed E-state index contributed by atoms with van der Waals surface area (Å²) in [5.74, 6) is 0.794. The first-order valence-corrected chi connectivity index (χ1v) is 8.02. The second kappa shape index (κ2) is 6.53. The zero-order chi connectivity index (χ0) is 14.5. The fourth-order valence-corrected chi connectivity index (χ4v) is 2.66. The summed E-state index contributed by atoms with van der Waals surface area (Å²) in [4.78, 5) is 6.27. The molecule has 0 aromatic carbocycles. The van der Waals surface area contributed by atoms with Gasteiger partial charge in [0.05, 0.1) is 12.5 Å². The largest absolute Gasteiger partial charge is 0.354 e. The monoisotopic (exact) mass is 281 g/mol. The minimum absolute atomic E-state index is 0.216. The van der Waals surface area contributed by atoms with Gasteiger partial charge in [-0.3, -0.25) is 0 Å². The number of nitriles is 1. The summed E-state index contributed by atoms with van der Waals surface area (Å²) in [5, 5.41) is 8.71. The molecule has 0 N–H and O–H groups in total. The minimum Gasteiger partial charge on any atom is -0.354 e. The maximum absolute atomic E-state index is 11.8. The van der Waals surface area contributed by atoms with Crippen molar-refractivity contribution in [1.82, 2.24) is 4.98 Å². The quantitative estimate of drug-likeness (QED) is 0.795. The van der Waals surface area contributed by atoms with Gasteiger partial charge in [0.2, 0.25) is 0 Å². The standard InChI is InChI=1S/C13H19N3O2S/c1-11(2)10-16(9-5-7-14)13-12(19(3,17)18)6-4-8-15-13/h4,6,8,11H,5,9-10H2,1-3H3. The SMILES string of the molecule is CC(C)CN(CCC#N)c1ncccc1S(C)(=O)=O. The van der Waals surface area contributed by atoms with Crippen molar-refractivity contribution in [3.8, 4) is 6.07 Å². The van der Waals surface area contributed by atoms with Gasteiger partial charge in [0.25, 0.3) is 0 Å². The molecular formula is C13H19N3O2S. The van der Waals surface area contributed by atoms with Crippen LogP contribution in [0.2, 0.25) is 0 Å². The van der Waals surface area contributed by atoms with Gasteiger partial charge in [0.15, 0.2) is 9.84 Å². The van der Waals surface area contributed by atoms with Gasteiger partial charge in [-0.25, -0.2) is 13.4 Å². The van der Waals surface area contributed by atoms with Crippen LogP contribution in [0.15, 0.2) is 23.2 Å². The van der Waals surface area contributed by atoms with Gasteiger partial charge in [0.1, 0.15) is 10.7 Å². The zero-order valence-electron chi connectivity index (χ0n) is 11.5. The summed E-state index contributed by atoms with van der Waals surface area (Å²) in [5.41, 5.74) is 0. The second-order valence-electron chi connectivity index (χ2n) is 4.85. The zero-order valence-corrected chi connectivity index (χ0v) is 12.3. The van der Waals surface area contributed by atoms with Gasteiger partial charge in [0, 0.05) is 25.5 Å². The van der Waals surface area contributed by atoms with Crippen molar-refractivity contribution >= 4 is 15.7 Å². The predicted molar refractivity (Wildman–Crippen MR) is 74.6 cm³/mol. The van der Waals surface area contributed by atoms with Crippen LogP contribution in [0.3, 0.4) is 0 Å². The lowest BCUT2D eigenvalue weighted by atomic mass is 10.2. The molecule has 1 aromatic rings. The van der Waals surface area contributed by atoms with Crippen LogP contribution < -0.4 is 4.90 Å². The number of rotatable bonds is 6. The lowest BCUT2D eigenvalue weighted by molar-refractivity contribution is 0.591. The summed E-state index contributed by atoms with van der Waals surface area (Å²) in [6, 6.07) is 5.24. The Morgan fingerprint density at radius 2 is 2.16 bits per heavy atom. The molecule has 1 heterocycles. The van der Waals surface area contributed by atoms with E-state index in [1.165, 1.54) is 6.26 Å². The topological polar surface area (TPSA) is 74.1 Å². The van der Waals surface area contributed by atoms with Crippen LogP contribution in [0.25, 0.3) is 0 Å². The number of hydrogen-bond donors (Lipinski definition) is 0. The lowest BCUT2D eigenvalue weighted by Crippen LogP contribution is -2.30. The van der Waals surface area contributed by atoms with Crippen molar-refractivity contribution < 1.29 is 8.42 Å². The first kappa shape index (κ1) is 15.4. The number of sulfone groups is 1. The molecule has 0 atom stereocenters. The Balaban J connectivity index is 3.19. The van der Waals surface area contributed by atoms with Crippen LogP contribution in [0, 0.1) is 17.2 Å². The maximum Gasteiger partial charge on any atom is 0.179 e. The first-order valence-electron chi connectivity index (χ1n) is 6.13. The maximum atomic E-state index is 11.8. The molecule has 6 heteroatoms. The molecule has 0 amide bonds. The second-order valence-corrected chi connectivity index (χ2v) is 6.83. The molecule has 0 aliphatic heterocycles. The van der Waals surface area contributed by atoms with E-state index >= 15 is 0 Å². The molecule has 104 valence electrons. The van der Waals surface area contributed by atoms with Crippen molar-refractivity contribution in [2.75, 3.05) is 24.2 Å². The Morgan fingerprint density at radius 3 is 2.68 bits per heavy atom. The average Bonchev–Trinajstić information content (AvgIpc) is 2.33. The van der Waals surface area contributed by atoms with E-state index in [1.54, 1.807) is 18.3 Å². The van der Waals surface area contributed by atoms with Crippen LogP contribution in [-0.4, -0.2) is 32.7 Å². The number of nitrogens with zero attached hydrogens (tertiary/aromatic N) is 3. The van der Waals surface area contributed by atoms with Gasteiger partial charge < -0.3 is 4.90 Å². The molecule has 0 radical (unpaired) electrons. The predicted octanol–water partition coefficient (Wildman–Crippen LogP) is 1.86. The highest BCUT2D eigenvalue weighted by atomic mass is 32.2. The van der Waals surface area contributed by atoms with E-state index in [4.69, 9.17) is 5.26 Å². The number of anilines is 1. The van der Waals surface area contributed by atoms with Gasteiger partial charge in [-0.2, -0.15) is 5.26 Å². The lowest BCUT2D eigenvalue weighted by Gasteiger charge is -2.26. The molecule has 1 rings (SSSR count). The van der Waals surface area contributed by atoms with E-state index in [9.17, 15) is 8.42 Å². The summed E-state index contributed by atoms with van der Waals surface area (Å²) in [6.07, 6.45) is 3.08. The molecule has 0 saturated heterocycles.